The highest BCUT2D eigenvalue weighted by Crippen LogP contribution is 2.25. The Kier molecular flexibility index (Phi) is 4.94. The van der Waals surface area contributed by atoms with E-state index in [0.29, 0.717) is 6.54 Å². The van der Waals surface area contributed by atoms with E-state index in [2.05, 4.69) is 57.2 Å². The molecule has 0 heterocycles. The molecule has 0 aromatic heterocycles. The van der Waals surface area contributed by atoms with E-state index >= 15 is 0 Å². The van der Waals surface area contributed by atoms with Gasteiger partial charge in [-0.25, -0.2) is 0 Å². The second kappa shape index (κ2) is 6.03. The maximum Gasteiger partial charge on any atom is 0.0183 e. The van der Waals surface area contributed by atoms with Crippen LogP contribution in [0.15, 0.2) is 36.4 Å². The van der Waals surface area contributed by atoms with Gasteiger partial charge in [-0.05, 0) is 48.6 Å². The Morgan fingerprint density at radius 2 is 1.33 bits per heavy atom. The van der Waals surface area contributed by atoms with Gasteiger partial charge in [-0.15, -0.1) is 12.4 Å². The first-order valence-electron chi connectivity index (χ1n) is 5.99. The smallest absolute Gasteiger partial charge is 0.0183 e. The fraction of sp³-hybridized carbons (Fsp3) is 0.250. The summed E-state index contributed by atoms with van der Waals surface area (Å²) in [7, 11) is 0. The van der Waals surface area contributed by atoms with Crippen LogP contribution in [-0.2, 0) is 6.54 Å². The molecule has 0 bridgehead atoms. The van der Waals surface area contributed by atoms with Crippen LogP contribution in [0.3, 0.4) is 0 Å². The largest absolute Gasteiger partial charge is 0.326 e. The van der Waals surface area contributed by atoms with Gasteiger partial charge in [0.2, 0.25) is 0 Å². The van der Waals surface area contributed by atoms with Gasteiger partial charge < -0.3 is 5.73 Å². The molecule has 0 aliphatic heterocycles. The summed E-state index contributed by atoms with van der Waals surface area (Å²) in [5, 5.41) is 0. The minimum Gasteiger partial charge on any atom is -0.326 e. The summed E-state index contributed by atoms with van der Waals surface area (Å²) in [5.41, 5.74) is 13.4. The van der Waals surface area contributed by atoms with Crippen LogP contribution >= 0.6 is 12.4 Å². The maximum atomic E-state index is 5.76. The molecular weight excluding hydrogens is 242 g/mol. The summed E-state index contributed by atoms with van der Waals surface area (Å²) >= 11 is 0. The van der Waals surface area contributed by atoms with E-state index < -0.39 is 0 Å². The van der Waals surface area contributed by atoms with Crippen LogP contribution in [0.1, 0.15) is 22.3 Å². The number of nitrogens with two attached hydrogens (primary N) is 1. The molecule has 0 spiro atoms. The molecule has 0 unspecified atom stereocenters. The summed E-state index contributed by atoms with van der Waals surface area (Å²) in [5.74, 6) is 0. The predicted octanol–water partition coefficient (Wildman–Crippen LogP) is 4.16. The van der Waals surface area contributed by atoms with Crippen molar-refractivity contribution in [1.82, 2.24) is 0 Å². The number of benzene rings is 2. The van der Waals surface area contributed by atoms with Crippen LogP contribution < -0.4 is 5.73 Å². The van der Waals surface area contributed by atoms with Gasteiger partial charge in [0, 0.05) is 6.54 Å². The fourth-order valence-electron chi connectivity index (χ4n) is 2.23. The third-order valence-corrected chi connectivity index (χ3v) is 3.29. The molecule has 2 aromatic rings. The average Bonchev–Trinajstić information content (AvgIpc) is 2.29. The van der Waals surface area contributed by atoms with Crippen LogP contribution in [0.4, 0.5) is 0 Å². The van der Waals surface area contributed by atoms with E-state index in [-0.39, 0.29) is 12.4 Å². The molecule has 96 valence electrons. The predicted molar refractivity (Wildman–Crippen MR) is 81.2 cm³/mol. The van der Waals surface area contributed by atoms with E-state index in [4.69, 9.17) is 5.73 Å². The normalized spacial score (nSPS) is 10.0. The molecule has 2 heteroatoms. The maximum absolute atomic E-state index is 5.76. The Morgan fingerprint density at radius 3 is 1.78 bits per heavy atom. The topological polar surface area (TPSA) is 26.0 Å². The van der Waals surface area contributed by atoms with Gasteiger partial charge in [0.1, 0.15) is 0 Å². The lowest BCUT2D eigenvalue weighted by atomic mass is 9.95. The Bertz CT molecular complexity index is 506. The lowest BCUT2D eigenvalue weighted by Crippen LogP contribution is -2.02. The molecule has 0 radical (unpaired) electrons. The molecule has 2 aromatic carbocycles. The summed E-state index contributed by atoms with van der Waals surface area (Å²) in [6.45, 7) is 6.99. The van der Waals surface area contributed by atoms with Crippen molar-refractivity contribution in [2.75, 3.05) is 0 Å². The highest BCUT2D eigenvalue weighted by Gasteiger charge is 2.05. The summed E-state index contributed by atoms with van der Waals surface area (Å²) in [4.78, 5) is 0. The molecule has 0 fully saturated rings. The summed E-state index contributed by atoms with van der Waals surface area (Å²) in [6.07, 6.45) is 0. The number of halogens is 1. The number of rotatable bonds is 2. The first-order valence-corrected chi connectivity index (χ1v) is 5.99. The highest BCUT2D eigenvalue weighted by molar-refractivity contribution is 5.85. The Hall–Kier alpha value is -1.31. The summed E-state index contributed by atoms with van der Waals surface area (Å²) < 4.78 is 0. The first-order chi connectivity index (χ1) is 8.11. The van der Waals surface area contributed by atoms with Crippen molar-refractivity contribution in [3.63, 3.8) is 0 Å². The van der Waals surface area contributed by atoms with E-state index in [1.807, 2.05) is 0 Å². The van der Waals surface area contributed by atoms with Crippen molar-refractivity contribution >= 4 is 12.4 Å². The van der Waals surface area contributed by atoms with Gasteiger partial charge in [-0.1, -0.05) is 42.0 Å². The molecule has 0 amide bonds. The second-order valence-electron chi connectivity index (χ2n) is 4.66. The van der Waals surface area contributed by atoms with Crippen molar-refractivity contribution in [3.05, 3.63) is 58.7 Å². The standard InChI is InChI=1S/C16H19N.ClH/c1-11-4-6-14(7-5-11)15-8-12(2)16(10-17)13(3)9-15;/h4-9H,10,17H2,1-3H3;1H. The zero-order chi connectivity index (χ0) is 12.4. The van der Waals surface area contributed by atoms with E-state index in [0.717, 1.165) is 0 Å². The quantitative estimate of drug-likeness (QED) is 0.863. The Morgan fingerprint density at radius 1 is 0.833 bits per heavy atom. The van der Waals surface area contributed by atoms with Gasteiger partial charge >= 0.3 is 0 Å². The number of hydrogen-bond acceptors (Lipinski definition) is 1. The molecule has 0 aliphatic rings. The van der Waals surface area contributed by atoms with Gasteiger partial charge in [0.15, 0.2) is 0 Å². The van der Waals surface area contributed by atoms with Crippen LogP contribution in [0.5, 0.6) is 0 Å². The van der Waals surface area contributed by atoms with E-state index in [1.165, 1.54) is 33.4 Å². The Balaban J connectivity index is 0.00000162. The van der Waals surface area contributed by atoms with Gasteiger partial charge in [-0.2, -0.15) is 0 Å². The Labute approximate surface area is 115 Å². The van der Waals surface area contributed by atoms with Crippen LogP contribution in [0, 0.1) is 20.8 Å². The molecule has 0 saturated heterocycles. The van der Waals surface area contributed by atoms with E-state index in [1.54, 1.807) is 0 Å². The van der Waals surface area contributed by atoms with Crippen LogP contribution in [0.25, 0.3) is 11.1 Å². The number of hydrogen-bond donors (Lipinski definition) is 1. The van der Waals surface area contributed by atoms with Crippen molar-refractivity contribution in [3.8, 4) is 11.1 Å². The van der Waals surface area contributed by atoms with Crippen molar-refractivity contribution in [2.45, 2.75) is 27.3 Å². The lowest BCUT2D eigenvalue weighted by Gasteiger charge is -2.11. The molecule has 2 N–H and O–H groups in total. The molecular formula is C16H20ClN. The zero-order valence-electron chi connectivity index (χ0n) is 11.2. The SMILES string of the molecule is Cc1ccc(-c2cc(C)c(CN)c(C)c2)cc1.Cl. The molecule has 0 atom stereocenters. The second-order valence-corrected chi connectivity index (χ2v) is 4.66. The third kappa shape index (κ3) is 2.92. The molecule has 1 nitrogen and oxygen atoms in total. The van der Waals surface area contributed by atoms with Gasteiger partial charge in [0.05, 0.1) is 0 Å². The van der Waals surface area contributed by atoms with Crippen molar-refractivity contribution in [2.24, 2.45) is 5.73 Å². The van der Waals surface area contributed by atoms with E-state index in [9.17, 15) is 0 Å². The average molecular weight is 262 g/mol. The molecule has 0 aliphatic carbocycles. The van der Waals surface area contributed by atoms with Crippen molar-refractivity contribution in [1.29, 1.82) is 0 Å². The van der Waals surface area contributed by atoms with Crippen LogP contribution in [0.2, 0.25) is 0 Å². The third-order valence-electron chi connectivity index (χ3n) is 3.29. The minimum absolute atomic E-state index is 0. The van der Waals surface area contributed by atoms with Crippen LogP contribution in [-0.4, -0.2) is 0 Å². The monoisotopic (exact) mass is 261 g/mol. The van der Waals surface area contributed by atoms with Gasteiger partial charge in [0.25, 0.3) is 0 Å². The molecule has 2 rings (SSSR count). The first kappa shape index (κ1) is 14.7. The number of aryl methyl sites for hydroxylation is 3. The summed E-state index contributed by atoms with van der Waals surface area (Å²) in [6, 6.07) is 13.1. The molecule has 18 heavy (non-hydrogen) atoms. The molecule has 0 saturated carbocycles. The minimum atomic E-state index is 0. The zero-order valence-corrected chi connectivity index (χ0v) is 12.0. The van der Waals surface area contributed by atoms with Crippen molar-refractivity contribution < 1.29 is 0 Å². The lowest BCUT2D eigenvalue weighted by molar-refractivity contribution is 1.03. The fourth-order valence-corrected chi connectivity index (χ4v) is 2.23. The highest BCUT2D eigenvalue weighted by atomic mass is 35.5. The van der Waals surface area contributed by atoms with Gasteiger partial charge in [-0.3, -0.25) is 0 Å².